The summed E-state index contributed by atoms with van der Waals surface area (Å²) in [6, 6.07) is 47.7. The molecule has 0 aliphatic carbocycles. The van der Waals surface area contributed by atoms with Gasteiger partial charge < -0.3 is 10.0 Å². The standard InChI is InChI=1S/C37H30N3O.Pt/c1-37(2,28-15-5-3-6-16-28)32-23-24-33(39-36(32)31-20-9-10-21-34(31)41)27-14-13-19-30(26-27)40(29-17-7-4-8-18-29)35-22-11-12-25-38-35;/h3-25,41H,1-2H3;/q-1;. The largest absolute Gasteiger partial charge is 0.507 e. The molecule has 5 heteroatoms. The molecule has 6 rings (SSSR count). The number of phenolic OH excluding ortho intramolecular Hbond substituents is 1. The van der Waals surface area contributed by atoms with E-state index in [0.717, 1.165) is 39.7 Å². The van der Waals surface area contributed by atoms with Crippen LogP contribution in [0.5, 0.6) is 5.75 Å². The third-order valence-electron chi connectivity index (χ3n) is 7.41. The molecule has 2 heterocycles. The summed E-state index contributed by atoms with van der Waals surface area (Å²) in [6.07, 6.45) is 1.79. The van der Waals surface area contributed by atoms with E-state index in [1.807, 2.05) is 84.9 Å². The average molecular weight is 728 g/mol. The minimum absolute atomic E-state index is 0. The van der Waals surface area contributed by atoms with Gasteiger partial charge in [-0.1, -0.05) is 92.7 Å². The molecule has 0 unspecified atom stereocenters. The van der Waals surface area contributed by atoms with Crippen molar-refractivity contribution < 1.29 is 26.2 Å². The fraction of sp³-hybridized carbons (Fsp3) is 0.0811. The molecule has 0 saturated heterocycles. The topological polar surface area (TPSA) is 49.2 Å². The van der Waals surface area contributed by atoms with Crippen molar-refractivity contribution in [3.63, 3.8) is 0 Å². The van der Waals surface area contributed by atoms with Gasteiger partial charge in [0.15, 0.2) is 0 Å². The molecule has 4 aromatic carbocycles. The van der Waals surface area contributed by atoms with Crippen LogP contribution in [0.1, 0.15) is 25.0 Å². The predicted molar refractivity (Wildman–Crippen MR) is 167 cm³/mol. The number of rotatable bonds is 7. The van der Waals surface area contributed by atoms with Crippen molar-refractivity contribution in [2.45, 2.75) is 19.3 Å². The summed E-state index contributed by atoms with van der Waals surface area (Å²) in [6.45, 7) is 4.39. The van der Waals surface area contributed by atoms with Gasteiger partial charge in [0.25, 0.3) is 0 Å². The number of hydrogen-bond acceptors (Lipinski definition) is 4. The zero-order valence-corrected chi connectivity index (χ0v) is 25.7. The molecular weight excluding hydrogens is 698 g/mol. The van der Waals surface area contributed by atoms with Crippen LogP contribution >= 0.6 is 0 Å². The maximum Gasteiger partial charge on any atom is 0.136 e. The monoisotopic (exact) mass is 727 g/mol. The number of aromatic nitrogens is 2. The second kappa shape index (κ2) is 12.5. The molecule has 4 nitrogen and oxygen atoms in total. The molecule has 2 aromatic heterocycles. The Balaban J connectivity index is 0.00000353. The number of benzene rings is 4. The number of pyridine rings is 2. The molecule has 0 atom stereocenters. The van der Waals surface area contributed by atoms with E-state index in [1.165, 1.54) is 5.56 Å². The van der Waals surface area contributed by atoms with E-state index in [0.29, 0.717) is 5.56 Å². The molecule has 0 fully saturated rings. The van der Waals surface area contributed by atoms with Crippen LogP contribution in [-0.4, -0.2) is 15.1 Å². The molecular formula is C37H30N3OPt-. The Morgan fingerprint density at radius 1 is 0.690 bits per heavy atom. The van der Waals surface area contributed by atoms with E-state index in [4.69, 9.17) is 4.98 Å². The molecule has 0 radical (unpaired) electrons. The van der Waals surface area contributed by atoms with E-state index >= 15 is 0 Å². The van der Waals surface area contributed by atoms with Gasteiger partial charge in [0.2, 0.25) is 0 Å². The zero-order chi connectivity index (χ0) is 28.2. The van der Waals surface area contributed by atoms with E-state index < -0.39 is 0 Å². The molecule has 0 aliphatic rings. The van der Waals surface area contributed by atoms with Crippen molar-refractivity contribution >= 4 is 17.2 Å². The van der Waals surface area contributed by atoms with Crippen LogP contribution in [0.3, 0.4) is 0 Å². The summed E-state index contributed by atoms with van der Waals surface area (Å²) in [7, 11) is 0. The van der Waals surface area contributed by atoms with Gasteiger partial charge in [0, 0.05) is 43.9 Å². The molecule has 0 spiro atoms. The van der Waals surface area contributed by atoms with Crippen LogP contribution in [0.25, 0.3) is 22.5 Å². The van der Waals surface area contributed by atoms with Crippen LogP contribution in [0.2, 0.25) is 0 Å². The first-order chi connectivity index (χ1) is 20.0. The third-order valence-corrected chi connectivity index (χ3v) is 7.41. The second-order valence-electron chi connectivity index (χ2n) is 10.4. The maximum atomic E-state index is 10.9. The van der Waals surface area contributed by atoms with E-state index in [-0.39, 0.29) is 32.2 Å². The fourth-order valence-corrected chi connectivity index (χ4v) is 5.20. The molecule has 210 valence electrons. The minimum atomic E-state index is -0.348. The summed E-state index contributed by atoms with van der Waals surface area (Å²) < 4.78 is 0. The number of para-hydroxylation sites is 2. The van der Waals surface area contributed by atoms with Gasteiger partial charge >= 0.3 is 0 Å². The molecule has 42 heavy (non-hydrogen) atoms. The van der Waals surface area contributed by atoms with Gasteiger partial charge in [0.05, 0.1) is 5.69 Å². The van der Waals surface area contributed by atoms with E-state index in [2.05, 4.69) is 72.3 Å². The first-order valence-electron chi connectivity index (χ1n) is 13.7. The van der Waals surface area contributed by atoms with E-state index in [9.17, 15) is 5.11 Å². The van der Waals surface area contributed by atoms with E-state index in [1.54, 1.807) is 12.3 Å². The Bertz CT molecular complexity index is 1730. The quantitative estimate of drug-likeness (QED) is 0.167. The van der Waals surface area contributed by atoms with Crippen LogP contribution in [0.15, 0.2) is 140 Å². The summed E-state index contributed by atoms with van der Waals surface area (Å²) in [5, 5.41) is 10.9. The van der Waals surface area contributed by atoms with Gasteiger partial charge in [-0.3, -0.25) is 4.98 Å². The summed E-state index contributed by atoms with van der Waals surface area (Å²) in [4.78, 5) is 11.9. The molecule has 0 aliphatic heterocycles. The Hall–Kier alpha value is -4.53. The molecule has 1 N–H and O–H groups in total. The zero-order valence-electron chi connectivity index (χ0n) is 23.4. The minimum Gasteiger partial charge on any atom is -0.507 e. The Morgan fingerprint density at radius 2 is 1.38 bits per heavy atom. The summed E-state index contributed by atoms with van der Waals surface area (Å²) in [5.74, 6) is 1.00. The Labute approximate surface area is 261 Å². The molecule has 0 saturated carbocycles. The summed E-state index contributed by atoms with van der Waals surface area (Å²) in [5.41, 5.74) is 6.76. The van der Waals surface area contributed by atoms with Crippen molar-refractivity contribution in [3.8, 4) is 28.3 Å². The predicted octanol–water partition coefficient (Wildman–Crippen LogP) is 9.11. The van der Waals surface area contributed by atoms with Gasteiger partial charge in [-0.25, -0.2) is 4.98 Å². The van der Waals surface area contributed by atoms with Crippen LogP contribution in [0, 0.1) is 6.07 Å². The number of nitrogens with zero attached hydrogens (tertiary/aromatic N) is 3. The van der Waals surface area contributed by atoms with Gasteiger partial charge in [-0.2, -0.15) is 0 Å². The molecule has 0 amide bonds. The number of phenols is 1. The number of hydrogen-bond donors (Lipinski definition) is 1. The van der Waals surface area contributed by atoms with Crippen molar-refractivity contribution in [1.29, 1.82) is 0 Å². The molecule has 6 aromatic rings. The van der Waals surface area contributed by atoms with Crippen molar-refractivity contribution in [2.24, 2.45) is 0 Å². The third kappa shape index (κ3) is 5.77. The Kier molecular flexibility index (Phi) is 8.66. The number of aromatic hydroxyl groups is 1. The second-order valence-corrected chi connectivity index (χ2v) is 10.4. The average Bonchev–Trinajstić information content (AvgIpc) is 3.03. The van der Waals surface area contributed by atoms with Gasteiger partial charge in [-0.05, 0) is 58.9 Å². The smallest absolute Gasteiger partial charge is 0.136 e. The SMILES string of the molecule is CC(C)(c1ccccc1)c1ccc(-c2[c-]c(N(c3ccccc3)c3ccccn3)ccc2)nc1-c1ccccc1O.[Pt]. The first-order valence-corrected chi connectivity index (χ1v) is 13.7. The first kappa shape index (κ1) is 29.0. The van der Waals surface area contributed by atoms with Gasteiger partial charge in [0.1, 0.15) is 11.6 Å². The fourth-order valence-electron chi connectivity index (χ4n) is 5.20. The van der Waals surface area contributed by atoms with Crippen molar-refractivity contribution in [3.05, 3.63) is 157 Å². The Morgan fingerprint density at radius 3 is 2.10 bits per heavy atom. The maximum absolute atomic E-state index is 10.9. The van der Waals surface area contributed by atoms with Crippen LogP contribution in [0.4, 0.5) is 17.2 Å². The van der Waals surface area contributed by atoms with Crippen molar-refractivity contribution in [2.75, 3.05) is 4.90 Å². The van der Waals surface area contributed by atoms with Gasteiger partial charge in [-0.15, -0.1) is 29.8 Å². The van der Waals surface area contributed by atoms with Crippen molar-refractivity contribution in [1.82, 2.24) is 9.97 Å². The number of anilines is 3. The molecule has 0 bridgehead atoms. The van der Waals surface area contributed by atoms with Crippen LogP contribution in [-0.2, 0) is 26.5 Å². The normalized spacial score (nSPS) is 11.0. The van der Waals surface area contributed by atoms with Crippen LogP contribution < -0.4 is 4.90 Å². The summed E-state index contributed by atoms with van der Waals surface area (Å²) >= 11 is 0.